The first-order chi connectivity index (χ1) is 11.9. The molecule has 0 bridgehead atoms. The van der Waals surface area contributed by atoms with Gasteiger partial charge in [0.15, 0.2) is 5.13 Å². The third kappa shape index (κ3) is 4.20. The fourth-order valence-electron chi connectivity index (χ4n) is 2.75. The van der Waals surface area contributed by atoms with Crippen LogP contribution in [-0.4, -0.2) is 36.7 Å². The predicted octanol–water partition coefficient (Wildman–Crippen LogP) is 3.14. The minimum Gasteiger partial charge on any atom is -0.302 e. The van der Waals surface area contributed by atoms with Gasteiger partial charge in [0.1, 0.15) is 0 Å². The Bertz CT molecular complexity index is 865. The first-order valence-corrected chi connectivity index (χ1v) is 10.5. The maximum Gasteiger partial charge on any atom is 0.243 e. The molecule has 1 N–H and O–H groups in total. The molecule has 1 aliphatic rings. The lowest BCUT2D eigenvalue weighted by Gasteiger charge is -2.31. The summed E-state index contributed by atoms with van der Waals surface area (Å²) in [6.07, 6.45) is 2.99. The number of halogens is 1. The molecular formula is C16H18ClN3O3S2. The van der Waals surface area contributed by atoms with Crippen LogP contribution in [0.4, 0.5) is 5.13 Å². The van der Waals surface area contributed by atoms with Gasteiger partial charge in [-0.25, -0.2) is 13.4 Å². The monoisotopic (exact) mass is 399 g/mol. The number of sulfonamides is 1. The molecule has 1 aliphatic heterocycles. The first-order valence-electron chi connectivity index (χ1n) is 7.85. The van der Waals surface area contributed by atoms with Crippen LogP contribution in [0.25, 0.3) is 0 Å². The van der Waals surface area contributed by atoms with Gasteiger partial charge in [0.05, 0.1) is 10.8 Å². The van der Waals surface area contributed by atoms with Crippen molar-refractivity contribution >= 4 is 44.0 Å². The van der Waals surface area contributed by atoms with Crippen LogP contribution in [0.5, 0.6) is 0 Å². The van der Waals surface area contributed by atoms with Gasteiger partial charge in [-0.2, -0.15) is 4.31 Å². The summed E-state index contributed by atoms with van der Waals surface area (Å²) in [6.45, 7) is 2.49. The number of aromatic nitrogens is 1. The van der Waals surface area contributed by atoms with Crippen molar-refractivity contribution in [3.05, 3.63) is 40.4 Å². The van der Waals surface area contributed by atoms with Crippen LogP contribution in [0, 0.1) is 12.8 Å². The van der Waals surface area contributed by atoms with E-state index in [1.54, 1.807) is 18.3 Å². The van der Waals surface area contributed by atoms with Crippen molar-refractivity contribution in [1.29, 1.82) is 0 Å². The molecule has 3 rings (SSSR count). The number of nitrogens with zero attached hydrogens (tertiary/aromatic N) is 2. The second-order valence-corrected chi connectivity index (χ2v) is 9.53. The van der Waals surface area contributed by atoms with Crippen LogP contribution >= 0.6 is 22.9 Å². The van der Waals surface area contributed by atoms with Crippen molar-refractivity contribution in [2.75, 3.05) is 18.4 Å². The highest BCUT2D eigenvalue weighted by Crippen LogP contribution is 2.26. The molecule has 134 valence electrons. The standard InChI is InChI=1S/C16H18ClN3O3S2/c1-11-9-18-16(24-11)19-15(21)12-3-2-8-20(10-12)25(22,23)14-6-4-13(17)5-7-14/h4-7,9,12H,2-3,8,10H2,1H3,(H,18,19,21)/t12-/m1/s1. The van der Waals surface area contributed by atoms with E-state index in [4.69, 9.17) is 11.6 Å². The zero-order valence-corrected chi connectivity index (χ0v) is 16.0. The second-order valence-electron chi connectivity index (χ2n) is 5.92. The van der Waals surface area contributed by atoms with E-state index in [0.29, 0.717) is 29.5 Å². The molecule has 2 heterocycles. The van der Waals surface area contributed by atoms with Gasteiger partial charge >= 0.3 is 0 Å². The van der Waals surface area contributed by atoms with Crippen LogP contribution in [-0.2, 0) is 14.8 Å². The number of thiazole rings is 1. The second kappa shape index (κ2) is 7.41. The van der Waals surface area contributed by atoms with Crippen molar-refractivity contribution in [2.45, 2.75) is 24.7 Å². The van der Waals surface area contributed by atoms with Gasteiger partial charge < -0.3 is 5.32 Å². The number of carbonyl (C=O) groups excluding carboxylic acids is 1. The van der Waals surface area contributed by atoms with Gasteiger partial charge in [0.2, 0.25) is 15.9 Å². The van der Waals surface area contributed by atoms with Gasteiger partial charge in [0.25, 0.3) is 0 Å². The number of hydrogen-bond acceptors (Lipinski definition) is 5. The zero-order valence-electron chi connectivity index (χ0n) is 13.6. The molecule has 0 unspecified atom stereocenters. The number of carbonyl (C=O) groups is 1. The van der Waals surface area contributed by atoms with E-state index in [9.17, 15) is 13.2 Å². The highest BCUT2D eigenvalue weighted by Gasteiger charge is 2.33. The summed E-state index contributed by atoms with van der Waals surface area (Å²) in [6, 6.07) is 6.07. The average Bonchev–Trinajstić information content (AvgIpc) is 3.00. The Balaban J connectivity index is 1.71. The van der Waals surface area contributed by atoms with Crippen molar-refractivity contribution in [2.24, 2.45) is 5.92 Å². The lowest BCUT2D eigenvalue weighted by Crippen LogP contribution is -2.43. The fourth-order valence-corrected chi connectivity index (χ4v) is 5.07. The molecule has 0 aliphatic carbocycles. The van der Waals surface area contributed by atoms with Gasteiger partial charge in [-0.05, 0) is 44.0 Å². The summed E-state index contributed by atoms with van der Waals surface area (Å²) >= 11 is 7.22. The van der Waals surface area contributed by atoms with E-state index in [1.165, 1.54) is 27.8 Å². The average molecular weight is 400 g/mol. The van der Waals surface area contributed by atoms with Gasteiger partial charge in [0, 0.05) is 29.2 Å². The van der Waals surface area contributed by atoms with Gasteiger partial charge in [-0.3, -0.25) is 4.79 Å². The summed E-state index contributed by atoms with van der Waals surface area (Å²) in [4.78, 5) is 17.8. The summed E-state index contributed by atoms with van der Waals surface area (Å²) in [5.41, 5.74) is 0. The summed E-state index contributed by atoms with van der Waals surface area (Å²) in [5.74, 6) is -0.578. The zero-order chi connectivity index (χ0) is 18.0. The highest BCUT2D eigenvalue weighted by atomic mass is 35.5. The Hall–Kier alpha value is -1.48. The highest BCUT2D eigenvalue weighted by molar-refractivity contribution is 7.89. The van der Waals surface area contributed by atoms with Crippen molar-refractivity contribution in [3.63, 3.8) is 0 Å². The number of piperidine rings is 1. The molecule has 1 amide bonds. The maximum atomic E-state index is 12.8. The summed E-state index contributed by atoms with van der Waals surface area (Å²) in [7, 11) is -3.63. The number of benzene rings is 1. The Morgan fingerprint density at radius 1 is 1.36 bits per heavy atom. The predicted molar refractivity (Wildman–Crippen MR) is 98.4 cm³/mol. The Kier molecular flexibility index (Phi) is 5.43. The summed E-state index contributed by atoms with van der Waals surface area (Å²) < 4.78 is 26.9. The smallest absolute Gasteiger partial charge is 0.243 e. The normalized spacial score (nSPS) is 18.9. The molecule has 6 nitrogen and oxygen atoms in total. The molecule has 0 saturated carbocycles. The molecule has 25 heavy (non-hydrogen) atoms. The van der Waals surface area contributed by atoms with E-state index < -0.39 is 10.0 Å². The van der Waals surface area contributed by atoms with Crippen molar-refractivity contribution in [1.82, 2.24) is 9.29 Å². The number of nitrogens with one attached hydrogen (secondary N) is 1. The van der Waals surface area contributed by atoms with Crippen molar-refractivity contribution < 1.29 is 13.2 Å². The van der Waals surface area contributed by atoms with Crippen LogP contribution in [0.2, 0.25) is 5.02 Å². The molecular weight excluding hydrogens is 382 g/mol. The topological polar surface area (TPSA) is 79.4 Å². The Morgan fingerprint density at radius 3 is 2.72 bits per heavy atom. The minimum absolute atomic E-state index is 0.168. The Morgan fingerprint density at radius 2 is 2.08 bits per heavy atom. The number of anilines is 1. The van der Waals surface area contributed by atoms with E-state index in [1.807, 2.05) is 6.92 Å². The summed E-state index contributed by atoms with van der Waals surface area (Å²) in [5, 5.41) is 3.80. The maximum absolute atomic E-state index is 12.8. The number of amides is 1. The van der Waals surface area contributed by atoms with E-state index >= 15 is 0 Å². The molecule has 0 radical (unpaired) electrons. The van der Waals surface area contributed by atoms with Crippen LogP contribution in [0.1, 0.15) is 17.7 Å². The quantitative estimate of drug-likeness (QED) is 0.856. The number of hydrogen-bond donors (Lipinski definition) is 1. The van der Waals surface area contributed by atoms with Crippen LogP contribution in [0.3, 0.4) is 0 Å². The van der Waals surface area contributed by atoms with Gasteiger partial charge in [-0.15, -0.1) is 11.3 Å². The minimum atomic E-state index is -3.63. The molecule has 0 spiro atoms. The molecule has 1 saturated heterocycles. The molecule has 1 aromatic heterocycles. The van der Waals surface area contributed by atoms with Gasteiger partial charge in [-0.1, -0.05) is 11.6 Å². The SMILES string of the molecule is Cc1cnc(NC(=O)[C@@H]2CCCN(S(=O)(=O)c3ccc(Cl)cc3)C2)s1. The molecule has 9 heteroatoms. The third-order valence-electron chi connectivity index (χ3n) is 4.06. The fraction of sp³-hybridized carbons (Fsp3) is 0.375. The van der Waals surface area contributed by atoms with Crippen molar-refractivity contribution in [3.8, 4) is 0 Å². The lowest BCUT2D eigenvalue weighted by atomic mass is 9.99. The third-order valence-corrected chi connectivity index (χ3v) is 7.02. The molecule has 2 aromatic rings. The first kappa shape index (κ1) is 18.3. The van der Waals surface area contributed by atoms with E-state index in [0.717, 1.165) is 4.88 Å². The lowest BCUT2D eigenvalue weighted by molar-refractivity contribution is -0.120. The van der Waals surface area contributed by atoms with Crippen LogP contribution in [0.15, 0.2) is 35.4 Å². The number of aryl methyl sites for hydroxylation is 1. The largest absolute Gasteiger partial charge is 0.302 e. The van der Waals surface area contributed by atoms with Crippen LogP contribution < -0.4 is 5.32 Å². The Labute approximate surface area is 155 Å². The number of rotatable bonds is 4. The molecule has 1 fully saturated rings. The van der Waals surface area contributed by atoms with E-state index in [-0.39, 0.29) is 23.3 Å². The molecule has 1 atom stereocenters. The van der Waals surface area contributed by atoms with E-state index in [2.05, 4.69) is 10.3 Å². The molecule has 1 aromatic carbocycles.